The van der Waals surface area contributed by atoms with E-state index in [1.165, 1.54) is 0 Å². The lowest BCUT2D eigenvalue weighted by molar-refractivity contribution is 0.545. The van der Waals surface area contributed by atoms with Crippen molar-refractivity contribution in [3.63, 3.8) is 0 Å². The van der Waals surface area contributed by atoms with Crippen LogP contribution < -0.4 is 5.73 Å². The van der Waals surface area contributed by atoms with Crippen LogP contribution in [0.3, 0.4) is 0 Å². The van der Waals surface area contributed by atoms with Crippen molar-refractivity contribution in [1.29, 1.82) is 0 Å². The van der Waals surface area contributed by atoms with Gasteiger partial charge in [-0.1, -0.05) is 37.6 Å². The number of benzene rings is 1. The molecule has 1 rings (SSSR count). The van der Waals surface area contributed by atoms with Crippen molar-refractivity contribution in [2.45, 2.75) is 38.3 Å². The minimum Gasteiger partial charge on any atom is -0.326 e. The summed E-state index contributed by atoms with van der Waals surface area (Å²) in [5.74, 6) is 0.0767. The van der Waals surface area contributed by atoms with E-state index in [0.717, 1.165) is 5.56 Å². The summed E-state index contributed by atoms with van der Waals surface area (Å²) in [5.41, 5.74) is 7.05. The fourth-order valence-electron chi connectivity index (χ4n) is 1.60. The minimum absolute atomic E-state index is 0.0178. The molecule has 1 atom stereocenters. The topological polar surface area (TPSA) is 60.2 Å². The van der Waals surface area contributed by atoms with Crippen molar-refractivity contribution < 1.29 is 8.42 Å². The van der Waals surface area contributed by atoms with E-state index in [9.17, 15) is 8.42 Å². The number of halogens is 1. The van der Waals surface area contributed by atoms with Crippen LogP contribution in [-0.4, -0.2) is 13.7 Å². The van der Waals surface area contributed by atoms with E-state index in [1.807, 2.05) is 19.9 Å². The maximum Gasteiger partial charge on any atom is 0.157 e. The van der Waals surface area contributed by atoms with Crippen LogP contribution in [0.25, 0.3) is 0 Å². The summed E-state index contributed by atoms with van der Waals surface area (Å²) in [4.78, 5) is 0. The Balaban J connectivity index is 2.98. The third-order valence-electron chi connectivity index (χ3n) is 3.22. The summed E-state index contributed by atoms with van der Waals surface area (Å²) in [6.45, 7) is 5.94. The van der Waals surface area contributed by atoms with Gasteiger partial charge < -0.3 is 5.73 Å². The lowest BCUT2D eigenvalue weighted by Crippen LogP contribution is -2.25. The fraction of sp³-hybridized carbons (Fsp3) is 0.538. The average molecular weight is 290 g/mol. The zero-order valence-electron chi connectivity index (χ0n) is 11.0. The molecule has 0 bridgehead atoms. The second-order valence-electron chi connectivity index (χ2n) is 4.89. The van der Waals surface area contributed by atoms with Gasteiger partial charge in [0.15, 0.2) is 9.84 Å². The Hall–Kier alpha value is -0.580. The van der Waals surface area contributed by atoms with Gasteiger partial charge in [-0.2, -0.15) is 0 Å². The molecule has 0 aliphatic rings. The SMILES string of the molecule is CC(C)C(C)S(=O)(=O)Cc1ccc(CN)cc1Cl. The first-order valence-corrected chi connectivity index (χ1v) is 8.06. The third-order valence-corrected chi connectivity index (χ3v) is 5.96. The van der Waals surface area contributed by atoms with Crippen LogP contribution in [0.5, 0.6) is 0 Å². The zero-order chi connectivity index (χ0) is 13.9. The van der Waals surface area contributed by atoms with E-state index in [0.29, 0.717) is 17.1 Å². The maximum absolute atomic E-state index is 12.2. The highest BCUT2D eigenvalue weighted by Crippen LogP contribution is 2.23. The van der Waals surface area contributed by atoms with Gasteiger partial charge in [-0.15, -0.1) is 0 Å². The highest BCUT2D eigenvalue weighted by Gasteiger charge is 2.24. The first-order chi connectivity index (χ1) is 8.27. The van der Waals surface area contributed by atoms with Crippen molar-refractivity contribution in [3.05, 3.63) is 34.3 Å². The molecule has 3 nitrogen and oxygen atoms in total. The van der Waals surface area contributed by atoms with Crippen molar-refractivity contribution in [1.82, 2.24) is 0 Å². The standard InChI is InChI=1S/C13H20ClNO2S/c1-9(2)10(3)18(16,17)8-12-5-4-11(7-15)6-13(12)14/h4-6,9-10H,7-8,15H2,1-3H3. The van der Waals surface area contributed by atoms with Gasteiger partial charge >= 0.3 is 0 Å². The van der Waals surface area contributed by atoms with E-state index in [4.69, 9.17) is 17.3 Å². The lowest BCUT2D eigenvalue weighted by atomic mass is 10.1. The van der Waals surface area contributed by atoms with Gasteiger partial charge in [0.2, 0.25) is 0 Å². The number of rotatable bonds is 5. The van der Waals surface area contributed by atoms with Crippen LogP contribution in [-0.2, 0) is 22.1 Å². The Bertz CT molecular complexity index is 512. The van der Waals surface area contributed by atoms with Gasteiger partial charge in [0.1, 0.15) is 0 Å². The van der Waals surface area contributed by atoms with Crippen LogP contribution in [0, 0.1) is 5.92 Å². The van der Waals surface area contributed by atoms with E-state index >= 15 is 0 Å². The lowest BCUT2D eigenvalue weighted by Gasteiger charge is -2.17. The van der Waals surface area contributed by atoms with E-state index in [2.05, 4.69) is 0 Å². The number of nitrogens with two attached hydrogens (primary N) is 1. The van der Waals surface area contributed by atoms with Crippen molar-refractivity contribution in [2.24, 2.45) is 11.7 Å². The zero-order valence-corrected chi connectivity index (χ0v) is 12.6. The Morgan fingerprint density at radius 3 is 2.33 bits per heavy atom. The molecule has 0 radical (unpaired) electrons. The summed E-state index contributed by atoms with van der Waals surface area (Å²) in [6, 6.07) is 5.29. The molecule has 18 heavy (non-hydrogen) atoms. The molecular weight excluding hydrogens is 270 g/mol. The van der Waals surface area contributed by atoms with Crippen LogP contribution in [0.15, 0.2) is 18.2 Å². The molecular formula is C13H20ClNO2S. The summed E-state index contributed by atoms with van der Waals surface area (Å²) in [6.07, 6.45) is 0. The molecule has 0 saturated heterocycles. The second kappa shape index (κ2) is 6.04. The fourth-order valence-corrected chi connectivity index (χ4v) is 3.72. The number of sulfone groups is 1. The molecule has 0 aromatic heterocycles. The molecule has 0 aliphatic heterocycles. The maximum atomic E-state index is 12.2. The molecule has 1 unspecified atom stereocenters. The normalized spacial score (nSPS) is 13.9. The van der Waals surface area contributed by atoms with Crippen molar-refractivity contribution >= 4 is 21.4 Å². The van der Waals surface area contributed by atoms with Gasteiger partial charge in [-0.05, 0) is 30.0 Å². The van der Waals surface area contributed by atoms with Crippen molar-refractivity contribution in [3.8, 4) is 0 Å². The molecule has 0 fully saturated rings. The van der Waals surface area contributed by atoms with Gasteiger partial charge in [-0.3, -0.25) is 0 Å². The minimum atomic E-state index is -3.17. The van der Waals surface area contributed by atoms with E-state index < -0.39 is 9.84 Å². The average Bonchev–Trinajstić information content (AvgIpc) is 2.30. The molecule has 0 heterocycles. The van der Waals surface area contributed by atoms with E-state index in [1.54, 1.807) is 19.1 Å². The predicted molar refractivity (Wildman–Crippen MR) is 76.3 cm³/mol. The highest BCUT2D eigenvalue weighted by atomic mass is 35.5. The molecule has 0 amide bonds. The summed E-state index contributed by atoms with van der Waals surface area (Å²) < 4.78 is 24.3. The Labute approximate surface area is 114 Å². The molecule has 2 N–H and O–H groups in total. The number of hydrogen-bond acceptors (Lipinski definition) is 3. The molecule has 0 spiro atoms. The molecule has 0 saturated carbocycles. The first-order valence-electron chi connectivity index (χ1n) is 5.97. The monoisotopic (exact) mass is 289 g/mol. The molecule has 0 aliphatic carbocycles. The van der Waals surface area contributed by atoms with Crippen LogP contribution in [0.2, 0.25) is 5.02 Å². The Kier molecular flexibility index (Phi) is 5.20. The summed E-state index contributed by atoms with van der Waals surface area (Å²) in [7, 11) is -3.17. The van der Waals surface area contributed by atoms with Gasteiger partial charge in [0.05, 0.1) is 11.0 Å². The summed E-state index contributed by atoms with van der Waals surface area (Å²) >= 11 is 6.08. The largest absolute Gasteiger partial charge is 0.326 e. The molecule has 1 aromatic rings. The predicted octanol–water partition coefficient (Wildman–Crippen LogP) is 2.76. The summed E-state index contributed by atoms with van der Waals surface area (Å²) in [5, 5.41) is 0.0974. The molecule has 5 heteroatoms. The van der Waals surface area contributed by atoms with Crippen LogP contribution in [0.1, 0.15) is 31.9 Å². The number of hydrogen-bond donors (Lipinski definition) is 1. The second-order valence-corrected chi connectivity index (χ2v) is 7.65. The van der Waals surface area contributed by atoms with Crippen molar-refractivity contribution in [2.75, 3.05) is 0 Å². The first kappa shape index (κ1) is 15.5. The van der Waals surface area contributed by atoms with E-state index in [-0.39, 0.29) is 16.9 Å². The third kappa shape index (κ3) is 3.70. The molecule has 1 aromatic carbocycles. The van der Waals surface area contributed by atoms with Crippen LogP contribution >= 0.6 is 11.6 Å². The highest BCUT2D eigenvalue weighted by molar-refractivity contribution is 7.91. The Morgan fingerprint density at radius 2 is 1.89 bits per heavy atom. The van der Waals surface area contributed by atoms with Gasteiger partial charge in [0.25, 0.3) is 0 Å². The molecule has 102 valence electrons. The smallest absolute Gasteiger partial charge is 0.157 e. The van der Waals surface area contributed by atoms with Gasteiger partial charge in [-0.25, -0.2) is 8.42 Å². The Morgan fingerprint density at radius 1 is 1.28 bits per heavy atom. The quantitative estimate of drug-likeness (QED) is 0.907. The van der Waals surface area contributed by atoms with Crippen LogP contribution in [0.4, 0.5) is 0 Å². The van der Waals surface area contributed by atoms with Gasteiger partial charge in [0, 0.05) is 11.6 Å².